The molecule has 1 heterocycles. The van der Waals surface area contributed by atoms with Crippen LogP contribution in [-0.2, 0) is 11.3 Å². The van der Waals surface area contributed by atoms with Crippen LogP contribution in [-0.4, -0.2) is 51.2 Å². The van der Waals surface area contributed by atoms with Gasteiger partial charge in [0.1, 0.15) is 5.75 Å². The van der Waals surface area contributed by atoms with Crippen molar-refractivity contribution in [1.82, 2.24) is 16.0 Å². The predicted octanol–water partition coefficient (Wildman–Crippen LogP) is 2.15. The zero-order valence-electron chi connectivity index (χ0n) is 17.7. The van der Waals surface area contributed by atoms with Gasteiger partial charge in [0.2, 0.25) is 0 Å². The Balaban J connectivity index is 1.46. The molecule has 2 aromatic rings. The molecule has 2 aromatic carbocycles. The number of carbonyl (C=O) groups excluding carboxylic acids is 1. The fourth-order valence-electron chi connectivity index (χ4n) is 3.47. The number of para-hydroxylation sites is 1. The molecule has 3 rings (SSSR count). The third kappa shape index (κ3) is 6.40. The van der Waals surface area contributed by atoms with Crippen molar-refractivity contribution in [3.8, 4) is 5.75 Å². The van der Waals surface area contributed by atoms with Crippen LogP contribution in [0.4, 0.5) is 5.69 Å². The molecule has 1 fully saturated rings. The SMILES string of the molecule is CCNC(=O)COc1cccc(CNC(=NC)NC2CCN(c3ccccc3)C2)c1. The minimum Gasteiger partial charge on any atom is -0.484 e. The minimum atomic E-state index is -0.119. The molecule has 1 unspecified atom stereocenters. The maximum absolute atomic E-state index is 11.6. The topological polar surface area (TPSA) is 78.0 Å². The predicted molar refractivity (Wildman–Crippen MR) is 121 cm³/mol. The van der Waals surface area contributed by atoms with Gasteiger partial charge in [-0.05, 0) is 43.2 Å². The summed E-state index contributed by atoms with van der Waals surface area (Å²) in [5, 5.41) is 9.60. The summed E-state index contributed by atoms with van der Waals surface area (Å²) in [6, 6.07) is 18.6. The van der Waals surface area contributed by atoms with Crippen molar-refractivity contribution in [3.05, 3.63) is 60.2 Å². The summed E-state index contributed by atoms with van der Waals surface area (Å²) in [4.78, 5) is 18.3. The Kier molecular flexibility index (Phi) is 7.94. The molecule has 1 aliphatic rings. The molecule has 0 saturated carbocycles. The van der Waals surface area contributed by atoms with Crippen LogP contribution in [0, 0.1) is 0 Å². The van der Waals surface area contributed by atoms with Crippen molar-refractivity contribution < 1.29 is 9.53 Å². The maximum atomic E-state index is 11.6. The highest BCUT2D eigenvalue weighted by Crippen LogP contribution is 2.19. The minimum absolute atomic E-state index is 0.0214. The summed E-state index contributed by atoms with van der Waals surface area (Å²) in [6.45, 7) is 5.11. The summed E-state index contributed by atoms with van der Waals surface area (Å²) >= 11 is 0. The lowest BCUT2D eigenvalue weighted by Gasteiger charge is -2.20. The van der Waals surface area contributed by atoms with Gasteiger partial charge in [-0.2, -0.15) is 0 Å². The Morgan fingerprint density at radius 2 is 2.00 bits per heavy atom. The van der Waals surface area contributed by atoms with Crippen LogP contribution in [0.3, 0.4) is 0 Å². The van der Waals surface area contributed by atoms with Crippen LogP contribution in [0.15, 0.2) is 59.6 Å². The molecule has 1 saturated heterocycles. The molecule has 1 aliphatic heterocycles. The number of benzene rings is 2. The van der Waals surface area contributed by atoms with Gasteiger partial charge in [0.25, 0.3) is 5.91 Å². The van der Waals surface area contributed by atoms with E-state index in [1.165, 1.54) is 5.69 Å². The molecule has 1 amide bonds. The highest BCUT2D eigenvalue weighted by Gasteiger charge is 2.23. The number of aliphatic imine (C=N–C) groups is 1. The molecule has 30 heavy (non-hydrogen) atoms. The number of amides is 1. The number of anilines is 1. The van der Waals surface area contributed by atoms with Crippen LogP contribution in [0.5, 0.6) is 5.75 Å². The third-order valence-electron chi connectivity index (χ3n) is 4.98. The van der Waals surface area contributed by atoms with Gasteiger partial charge in [0.15, 0.2) is 12.6 Å². The molecule has 160 valence electrons. The largest absolute Gasteiger partial charge is 0.484 e. The number of ether oxygens (including phenoxy) is 1. The van der Waals surface area contributed by atoms with Gasteiger partial charge in [0.05, 0.1) is 0 Å². The van der Waals surface area contributed by atoms with Crippen molar-refractivity contribution in [3.63, 3.8) is 0 Å². The van der Waals surface area contributed by atoms with Gasteiger partial charge in [-0.3, -0.25) is 9.79 Å². The number of carbonyl (C=O) groups is 1. The fraction of sp³-hybridized carbons (Fsp3) is 0.391. The van der Waals surface area contributed by atoms with E-state index in [0.717, 1.165) is 31.0 Å². The Morgan fingerprint density at radius 1 is 1.17 bits per heavy atom. The van der Waals surface area contributed by atoms with E-state index in [4.69, 9.17) is 4.74 Å². The van der Waals surface area contributed by atoms with E-state index >= 15 is 0 Å². The van der Waals surface area contributed by atoms with Crippen LogP contribution in [0.1, 0.15) is 18.9 Å². The highest BCUT2D eigenvalue weighted by atomic mass is 16.5. The average molecular weight is 410 g/mol. The fourth-order valence-corrected chi connectivity index (χ4v) is 3.47. The second-order valence-electron chi connectivity index (χ2n) is 7.23. The van der Waals surface area contributed by atoms with E-state index in [1.807, 2.05) is 37.3 Å². The van der Waals surface area contributed by atoms with E-state index in [-0.39, 0.29) is 12.5 Å². The number of hydrogen-bond donors (Lipinski definition) is 3. The normalized spacial score (nSPS) is 16.3. The van der Waals surface area contributed by atoms with Crippen molar-refractivity contribution in [1.29, 1.82) is 0 Å². The number of guanidine groups is 1. The van der Waals surface area contributed by atoms with Crippen molar-refractivity contribution >= 4 is 17.6 Å². The summed E-state index contributed by atoms with van der Waals surface area (Å²) in [6.07, 6.45) is 1.07. The van der Waals surface area contributed by atoms with Crippen LogP contribution in [0.2, 0.25) is 0 Å². The lowest BCUT2D eigenvalue weighted by Crippen LogP contribution is -2.44. The standard InChI is InChI=1S/C23H31N5O2/c1-3-25-22(29)17-30-21-11-7-8-18(14-21)15-26-23(24-2)27-19-12-13-28(16-19)20-9-5-4-6-10-20/h4-11,14,19H,3,12-13,15-17H2,1-2H3,(H,25,29)(H2,24,26,27). The van der Waals surface area contributed by atoms with Crippen molar-refractivity contribution in [2.75, 3.05) is 38.2 Å². The molecule has 7 heteroatoms. The van der Waals surface area contributed by atoms with Gasteiger partial charge < -0.3 is 25.6 Å². The summed E-state index contributed by atoms with van der Waals surface area (Å²) < 4.78 is 5.56. The zero-order valence-corrected chi connectivity index (χ0v) is 17.7. The lowest BCUT2D eigenvalue weighted by atomic mass is 10.2. The van der Waals surface area contributed by atoms with Gasteiger partial charge in [-0.1, -0.05) is 30.3 Å². The Hall–Kier alpha value is -3.22. The highest BCUT2D eigenvalue weighted by molar-refractivity contribution is 5.80. The number of hydrogen-bond acceptors (Lipinski definition) is 4. The van der Waals surface area contributed by atoms with E-state index in [2.05, 4.69) is 50.1 Å². The molecule has 0 spiro atoms. The van der Waals surface area contributed by atoms with E-state index in [0.29, 0.717) is 24.9 Å². The summed E-state index contributed by atoms with van der Waals surface area (Å²) in [5.74, 6) is 1.34. The smallest absolute Gasteiger partial charge is 0.257 e. The first-order valence-corrected chi connectivity index (χ1v) is 10.4. The van der Waals surface area contributed by atoms with Gasteiger partial charge in [-0.15, -0.1) is 0 Å². The molecule has 3 N–H and O–H groups in total. The first kappa shape index (κ1) is 21.5. The van der Waals surface area contributed by atoms with E-state index in [9.17, 15) is 4.79 Å². The number of likely N-dealkylation sites (N-methyl/N-ethyl adjacent to an activating group) is 1. The summed E-state index contributed by atoms with van der Waals surface area (Å²) in [5.41, 5.74) is 2.32. The van der Waals surface area contributed by atoms with Gasteiger partial charge in [-0.25, -0.2) is 0 Å². The molecule has 7 nitrogen and oxygen atoms in total. The summed E-state index contributed by atoms with van der Waals surface area (Å²) in [7, 11) is 1.78. The van der Waals surface area contributed by atoms with Crippen molar-refractivity contribution in [2.24, 2.45) is 4.99 Å². The van der Waals surface area contributed by atoms with Crippen LogP contribution >= 0.6 is 0 Å². The molecule has 0 aliphatic carbocycles. The van der Waals surface area contributed by atoms with E-state index < -0.39 is 0 Å². The molecular weight excluding hydrogens is 378 g/mol. The Morgan fingerprint density at radius 3 is 2.77 bits per heavy atom. The molecule has 0 aromatic heterocycles. The average Bonchev–Trinajstić information content (AvgIpc) is 3.25. The first-order chi connectivity index (χ1) is 14.7. The number of rotatable bonds is 8. The quantitative estimate of drug-likeness (QED) is 0.460. The number of nitrogens with one attached hydrogen (secondary N) is 3. The van der Waals surface area contributed by atoms with Crippen LogP contribution in [0.25, 0.3) is 0 Å². The number of nitrogens with zero attached hydrogens (tertiary/aromatic N) is 2. The third-order valence-corrected chi connectivity index (χ3v) is 4.98. The molecule has 1 atom stereocenters. The van der Waals surface area contributed by atoms with Gasteiger partial charge in [0, 0.05) is 45.0 Å². The van der Waals surface area contributed by atoms with Crippen LogP contribution < -0.4 is 25.6 Å². The monoisotopic (exact) mass is 409 g/mol. The molecule has 0 bridgehead atoms. The molecule has 0 radical (unpaired) electrons. The second-order valence-corrected chi connectivity index (χ2v) is 7.23. The lowest BCUT2D eigenvalue weighted by molar-refractivity contribution is -0.122. The van der Waals surface area contributed by atoms with E-state index in [1.54, 1.807) is 7.05 Å². The molecular formula is C23H31N5O2. The zero-order chi connectivity index (χ0) is 21.2. The maximum Gasteiger partial charge on any atom is 0.257 e. The van der Waals surface area contributed by atoms with Gasteiger partial charge >= 0.3 is 0 Å². The van der Waals surface area contributed by atoms with Crippen molar-refractivity contribution in [2.45, 2.75) is 25.9 Å². The second kappa shape index (κ2) is 11.1. The first-order valence-electron chi connectivity index (χ1n) is 10.4. The Bertz CT molecular complexity index is 840. The Labute approximate surface area is 178 Å².